The van der Waals surface area contributed by atoms with Crippen molar-refractivity contribution in [2.75, 3.05) is 49.1 Å². The number of carboxylic acids is 1. The Labute approximate surface area is 275 Å². The zero-order valence-corrected chi connectivity index (χ0v) is 27.6. The van der Waals surface area contributed by atoms with Gasteiger partial charge in [-0.2, -0.15) is 4.98 Å². The van der Waals surface area contributed by atoms with Crippen molar-refractivity contribution in [2.24, 2.45) is 5.41 Å². The van der Waals surface area contributed by atoms with E-state index in [1.54, 1.807) is 11.6 Å². The van der Waals surface area contributed by atoms with Crippen LogP contribution in [-0.4, -0.2) is 71.3 Å². The number of fused-ring (bicyclic) bond motifs is 2. The Kier molecular flexibility index (Phi) is 8.19. The number of aromatic amines is 1. The van der Waals surface area contributed by atoms with Crippen LogP contribution < -0.4 is 14.5 Å². The summed E-state index contributed by atoms with van der Waals surface area (Å²) in [5.74, 6) is -0.420. The van der Waals surface area contributed by atoms with E-state index in [4.69, 9.17) is 21.3 Å². The number of aromatic nitrogens is 2. The fraction of sp³-hybridized carbons (Fsp3) is 0.405. The second kappa shape index (κ2) is 12.3. The zero-order chi connectivity index (χ0) is 32.0. The molecule has 4 aromatic rings. The molecule has 0 spiro atoms. The van der Waals surface area contributed by atoms with Gasteiger partial charge in [-0.15, -0.1) is 0 Å². The third-order valence-corrected chi connectivity index (χ3v) is 10.1. The minimum atomic E-state index is -0.942. The fourth-order valence-electron chi connectivity index (χ4n) is 7.18. The molecule has 2 aromatic heterocycles. The number of pyridine rings is 1. The van der Waals surface area contributed by atoms with Gasteiger partial charge in [-0.3, -0.25) is 4.90 Å². The molecule has 3 aliphatic rings. The topological polar surface area (TPSA) is 84.9 Å². The number of hydrogen-bond donors (Lipinski definition) is 2. The highest BCUT2D eigenvalue weighted by Crippen LogP contribution is 2.44. The Morgan fingerprint density at radius 3 is 2.59 bits per heavy atom. The van der Waals surface area contributed by atoms with Gasteiger partial charge in [0.05, 0.1) is 17.4 Å². The van der Waals surface area contributed by atoms with Gasteiger partial charge in [0.15, 0.2) is 0 Å². The van der Waals surface area contributed by atoms with Crippen LogP contribution in [0.2, 0.25) is 5.02 Å². The highest BCUT2D eigenvalue weighted by molar-refractivity contribution is 6.30. The van der Waals surface area contributed by atoms with Crippen molar-refractivity contribution in [2.45, 2.75) is 52.6 Å². The van der Waals surface area contributed by atoms with Crippen molar-refractivity contribution in [1.82, 2.24) is 14.9 Å². The molecule has 7 rings (SSSR count). The van der Waals surface area contributed by atoms with E-state index in [2.05, 4.69) is 45.7 Å². The van der Waals surface area contributed by atoms with E-state index >= 15 is 0 Å². The Morgan fingerprint density at radius 2 is 1.83 bits per heavy atom. The number of rotatable bonds is 6. The second-order valence-corrected chi connectivity index (χ2v) is 14.2. The number of hydrogen-bond acceptors (Lipinski definition) is 6. The van der Waals surface area contributed by atoms with Crippen LogP contribution in [0, 0.1) is 5.41 Å². The van der Waals surface area contributed by atoms with E-state index in [1.807, 2.05) is 49.5 Å². The molecule has 46 heavy (non-hydrogen) atoms. The first-order valence-corrected chi connectivity index (χ1v) is 16.8. The molecule has 2 aromatic carbocycles. The average molecular weight is 640 g/mol. The largest absolute Gasteiger partial charge is 0.478 e. The molecule has 0 unspecified atom stereocenters. The van der Waals surface area contributed by atoms with Crippen LogP contribution in [-0.2, 0) is 0 Å². The lowest BCUT2D eigenvalue weighted by molar-refractivity contribution is 0.0697. The second-order valence-electron chi connectivity index (χ2n) is 13.8. The Bertz CT molecular complexity index is 1790. The van der Waals surface area contributed by atoms with Crippen molar-refractivity contribution in [1.29, 1.82) is 0 Å². The summed E-state index contributed by atoms with van der Waals surface area (Å²) in [6, 6.07) is 18.1. The SMILES string of the molecule is C[C@@H]1CCN(c2cc(N3CCN(CC4=C(c5ccc(Cl)cc5)CC(C)(C)CC4)CC3)ccc2C(=O)O)c2cc3cc[nH]c3nc2O1. The summed E-state index contributed by atoms with van der Waals surface area (Å²) in [6.45, 7) is 12.0. The van der Waals surface area contributed by atoms with Gasteiger partial charge in [-0.1, -0.05) is 43.2 Å². The van der Waals surface area contributed by atoms with Crippen LogP contribution in [0.4, 0.5) is 17.1 Å². The summed E-state index contributed by atoms with van der Waals surface area (Å²) in [6.07, 6.45) is 5.96. The van der Waals surface area contributed by atoms with Gasteiger partial charge in [-0.25, -0.2) is 4.79 Å². The van der Waals surface area contributed by atoms with Crippen LogP contribution >= 0.6 is 11.6 Å². The number of nitrogens with one attached hydrogen (secondary N) is 1. The van der Waals surface area contributed by atoms with Crippen molar-refractivity contribution >= 4 is 51.2 Å². The molecule has 0 radical (unpaired) electrons. The van der Waals surface area contributed by atoms with Gasteiger partial charge < -0.3 is 24.6 Å². The van der Waals surface area contributed by atoms with Crippen molar-refractivity contribution in [3.63, 3.8) is 0 Å². The Morgan fingerprint density at radius 1 is 1.04 bits per heavy atom. The predicted octanol–water partition coefficient (Wildman–Crippen LogP) is 8.01. The highest BCUT2D eigenvalue weighted by atomic mass is 35.5. The maximum atomic E-state index is 12.5. The number of anilines is 3. The number of halogens is 1. The highest BCUT2D eigenvalue weighted by Gasteiger charge is 2.31. The molecule has 240 valence electrons. The quantitative estimate of drug-likeness (QED) is 0.221. The Balaban J connectivity index is 1.13. The van der Waals surface area contributed by atoms with Gasteiger partial charge in [0.25, 0.3) is 0 Å². The number of aromatic carboxylic acids is 1. The molecule has 0 amide bonds. The summed E-state index contributed by atoms with van der Waals surface area (Å²) < 4.78 is 6.21. The number of ether oxygens (including phenoxy) is 1. The maximum absolute atomic E-state index is 12.5. The molecule has 4 heterocycles. The van der Waals surface area contributed by atoms with E-state index < -0.39 is 5.97 Å². The molecule has 9 heteroatoms. The first-order chi connectivity index (χ1) is 22.1. The number of H-pyrrole nitrogens is 1. The van der Waals surface area contributed by atoms with Crippen LogP contribution in [0.1, 0.15) is 62.4 Å². The van der Waals surface area contributed by atoms with Gasteiger partial charge in [0, 0.05) is 68.0 Å². The molecule has 0 bridgehead atoms. The first kappa shape index (κ1) is 30.6. The standard InChI is InChI=1S/C37H42ClN5O3/c1-24-12-15-43(33-20-26-11-14-39-34(26)40-35(33)46-24)32-21-29(8-9-30(32)36(44)45)42-18-16-41(17-19-42)23-27-10-13-37(2,3)22-31(27)25-4-6-28(38)7-5-25/h4-9,11,14,20-21,24H,10,12-13,15-19,22-23H2,1-3H3,(H,39,40)(H,44,45)/t24-/m1/s1. The maximum Gasteiger partial charge on any atom is 0.337 e. The number of piperazine rings is 1. The van der Waals surface area contributed by atoms with Crippen LogP contribution in [0.5, 0.6) is 5.88 Å². The number of carbonyl (C=O) groups is 1. The first-order valence-electron chi connectivity index (χ1n) is 16.4. The predicted molar refractivity (Wildman–Crippen MR) is 186 cm³/mol. The zero-order valence-electron chi connectivity index (χ0n) is 26.9. The average Bonchev–Trinajstić information content (AvgIpc) is 3.43. The molecule has 1 fully saturated rings. The monoisotopic (exact) mass is 639 g/mol. The molecule has 0 saturated carbocycles. The molecule has 1 saturated heterocycles. The van der Waals surface area contributed by atoms with Gasteiger partial charge in [0.2, 0.25) is 5.88 Å². The number of allylic oxidation sites excluding steroid dienone is 1. The lowest BCUT2D eigenvalue weighted by Crippen LogP contribution is -2.47. The molecular formula is C37H42ClN5O3. The van der Waals surface area contributed by atoms with E-state index in [9.17, 15) is 9.90 Å². The lowest BCUT2D eigenvalue weighted by Gasteiger charge is -2.39. The molecular weight excluding hydrogens is 598 g/mol. The van der Waals surface area contributed by atoms with Crippen LogP contribution in [0.15, 0.2) is 66.4 Å². The van der Waals surface area contributed by atoms with E-state index in [0.29, 0.717) is 23.5 Å². The number of carboxylic acid groups (broad SMARTS) is 1. The summed E-state index contributed by atoms with van der Waals surface area (Å²) in [4.78, 5) is 27.4. The van der Waals surface area contributed by atoms with Gasteiger partial charge in [0.1, 0.15) is 11.3 Å². The fourth-order valence-corrected chi connectivity index (χ4v) is 7.31. The van der Waals surface area contributed by atoms with Gasteiger partial charge in [-0.05, 0) is 85.2 Å². The number of nitrogens with zero attached hydrogens (tertiary/aromatic N) is 4. The smallest absolute Gasteiger partial charge is 0.337 e. The lowest BCUT2D eigenvalue weighted by atomic mass is 9.72. The van der Waals surface area contributed by atoms with Gasteiger partial charge >= 0.3 is 5.97 Å². The van der Waals surface area contributed by atoms with Crippen molar-refractivity contribution in [3.05, 3.63) is 82.5 Å². The third-order valence-electron chi connectivity index (χ3n) is 9.88. The van der Waals surface area contributed by atoms with Crippen molar-refractivity contribution in [3.8, 4) is 5.88 Å². The molecule has 1 atom stereocenters. The summed E-state index contributed by atoms with van der Waals surface area (Å²) in [5.41, 5.74) is 8.14. The summed E-state index contributed by atoms with van der Waals surface area (Å²) in [7, 11) is 0. The van der Waals surface area contributed by atoms with Crippen molar-refractivity contribution < 1.29 is 14.6 Å². The third kappa shape index (κ3) is 6.20. The molecule has 8 nitrogen and oxygen atoms in total. The molecule has 2 aliphatic heterocycles. The van der Waals surface area contributed by atoms with E-state index in [0.717, 1.165) is 79.4 Å². The normalized spacial score (nSPS) is 20.4. The molecule has 2 N–H and O–H groups in total. The summed E-state index contributed by atoms with van der Waals surface area (Å²) in [5, 5.41) is 12.0. The number of benzene rings is 2. The minimum Gasteiger partial charge on any atom is -0.478 e. The van der Waals surface area contributed by atoms with Crippen LogP contribution in [0.25, 0.3) is 16.6 Å². The van der Waals surface area contributed by atoms with Crippen LogP contribution in [0.3, 0.4) is 0 Å². The summed E-state index contributed by atoms with van der Waals surface area (Å²) >= 11 is 6.22. The molecule has 1 aliphatic carbocycles. The van der Waals surface area contributed by atoms with E-state index in [1.165, 1.54) is 17.6 Å². The Hall–Kier alpha value is -4.01. The minimum absolute atomic E-state index is 0.0428. The van der Waals surface area contributed by atoms with E-state index in [-0.39, 0.29) is 11.7 Å².